The van der Waals surface area contributed by atoms with Crippen molar-refractivity contribution in [3.8, 4) is 0 Å². The molecule has 1 atom stereocenters. The second kappa shape index (κ2) is 5.62. The number of nitrogens with two attached hydrogens (primary N) is 1. The van der Waals surface area contributed by atoms with Gasteiger partial charge in [-0.3, -0.25) is 0 Å². The molecule has 0 bridgehead atoms. The summed E-state index contributed by atoms with van der Waals surface area (Å²) < 4.78 is 25.2. The maximum absolute atomic E-state index is 12.6. The van der Waals surface area contributed by atoms with Crippen LogP contribution >= 0.6 is 0 Å². The summed E-state index contributed by atoms with van der Waals surface area (Å²) in [5.41, 5.74) is 5.64. The van der Waals surface area contributed by atoms with Gasteiger partial charge in [-0.15, -0.1) is 0 Å². The molecule has 5 N–H and O–H groups in total. The molecule has 1 rings (SSSR count). The number of anilines is 2. The smallest absolute Gasteiger partial charge is 0.265 e. The van der Waals surface area contributed by atoms with E-state index in [1.165, 1.54) is 18.2 Å². The van der Waals surface area contributed by atoms with Gasteiger partial charge in [0.2, 0.25) is 0 Å². The minimum absolute atomic E-state index is 0.000137. The number of halogens is 2. The second-order valence-electron chi connectivity index (χ2n) is 3.36. The van der Waals surface area contributed by atoms with E-state index in [1.54, 1.807) is 0 Å². The van der Waals surface area contributed by atoms with Gasteiger partial charge < -0.3 is 21.3 Å². The highest BCUT2D eigenvalue weighted by atomic mass is 19.3. The van der Waals surface area contributed by atoms with Crippen molar-refractivity contribution in [3.63, 3.8) is 0 Å². The van der Waals surface area contributed by atoms with E-state index in [4.69, 9.17) is 15.9 Å². The van der Waals surface area contributed by atoms with Crippen LogP contribution in [0, 0.1) is 0 Å². The molecule has 0 fully saturated rings. The Morgan fingerprint density at radius 3 is 2.62 bits per heavy atom. The molecule has 0 aliphatic heterocycles. The van der Waals surface area contributed by atoms with Crippen LogP contribution in [0.2, 0.25) is 0 Å². The van der Waals surface area contributed by atoms with Crippen molar-refractivity contribution in [2.24, 2.45) is 0 Å². The third-order valence-electron chi connectivity index (χ3n) is 2.05. The molecule has 0 amide bonds. The molecule has 0 heterocycles. The quantitative estimate of drug-likeness (QED) is 0.570. The van der Waals surface area contributed by atoms with Crippen molar-refractivity contribution in [1.82, 2.24) is 0 Å². The van der Waals surface area contributed by atoms with Crippen molar-refractivity contribution in [2.75, 3.05) is 24.2 Å². The molecule has 0 saturated carbocycles. The number of alkyl halides is 2. The number of hydrogen-bond acceptors (Lipinski definition) is 4. The Bertz CT molecular complexity index is 348. The summed E-state index contributed by atoms with van der Waals surface area (Å²) in [6.07, 6.45) is -3.62. The average Bonchev–Trinajstić information content (AvgIpc) is 2.26. The van der Waals surface area contributed by atoms with Crippen molar-refractivity contribution in [1.29, 1.82) is 0 Å². The van der Waals surface area contributed by atoms with Gasteiger partial charge in [-0.2, -0.15) is 0 Å². The van der Waals surface area contributed by atoms with Crippen molar-refractivity contribution in [2.45, 2.75) is 12.5 Å². The summed E-state index contributed by atoms with van der Waals surface area (Å²) in [6, 6.07) is 4.08. The highest BCUT2D eigenvalue weighted by Gasteiger charge is 2.13. The summed E-state index contributed by atoms with van der Waals surface area (Å²) in [5, 5.41) is 20.3. The van der Waals surface area contributed by atoms with Crippen LogP contribution in [0.4, 0.5) is 20.2 Å². The Morgan fingerprint density at radius 1 is 1.38 bits per heavy atom. The van der Waals surface area contributed by atoms with Crippen molar-refractivity contribution >= 4 is 11.4 Å². The van der Waals surface area contributed by atoms with Crippen molar-refractivity contribution in [3.05, 3.63) is 23.8 Å². The Hall–Kier alpha value is -1.40. The molecule has 0 aliphatic carbocycles. The lowest BCUT2D eigenvalue weighted by atomic mass is 10.1. The molecule has 0 aromatic heterocycles. The maximum atomic E-state index is 12.6. The first-order valence-corrected chi connectivity index (χ1v) is 4.75. The van der Waals surface area contributed by atoms with E-state index < -0.39 is 19.1 Å². The molecule has 4 nitrogen and oxygen atoms in total. The monoisotopic (exact) mass is 232 g/mol. The van der Waals surface area contributed by atoms with Gasteiger partial charge in [0, 0.05) is 23.5 Å². The molecule has 0 saturated heterocycles. The second-order valence-corrected chi connectivity index (χ2v) is 3.36. The van der Waals surface area contributed by atoms with Gasteiger partial charge >= 0.3 is 0 Å². The first kappa shape index (κ1) is 12.7. The fourth-order valence-electron chi connectivity index (χ4n) is 1.22. The molecular weight excluding hydrogens is 218 g/mol. The van der Waals surface area contributed by atoms with Crippen LogP contribution in [0.3, 0.4) is 0 Å². The van der Waals surface area contributed by atoms with E-state index in [9.17, 15) is 8.78 Å². The zero-order chi connectivity index (χ0) is 12.1. The van der Waals surface area contributed by atoms with Gasteiger partial charge in [0.1, 0.15) is 0 Å². The Labute approximate surface area is 91.7 Å². The van der Waals surface area contributed by atoms with Crippen molar-refractivity contribution < 1.29 is 19.0 Å². The highest BCUT2D eigenvalue weighted by Crippen LogP contribution is 2.28. The van der Waals surface area contributed by atoms with E-state index in [2.05, 4.69) is 5.32 Å². The van der Waals surface area contributed by atoms with Crippen LogP contribution in [0.25, 0.3) is 0 Å². The first-order chi connectivity index (χ1) is 7.54. The minimum Gasteiger partial charge on any atom is -0.399 e. The summed E-state index contributed by atoms with van der Waals surface area (Å²) in [7, 11) is 0. The zero-order valence-corrected chi connectivity index (χ0v) is 8.53. The number of hydrogen-bond donors (Lipinski definition) is 4. The first-order valence-electron chi connectivity index (χ1n) is 4.75. The van der Waals surface area contributed by atoms with E-state index in [0.29, 0.717) is 0 Å². The molecule has 1 aromatic carbocycles. The van der Waals surface area contributed by atoms with Gasteiger partial charge in [-0.1, -0.05) is 0 Å². The van der Waals surface area contributed by atoms with Crippen LogP contribution in [-0.4, -0.2) is 29.5 Å². The normalized spacial score (nSPS) is 12.8. The highest BCUT2D eigenvalue weighted by molar-refractivity contribution is 5.58. The van der Waals surface area contributed by atoms with E-state index in [0.717, 1.165) is 0 Å². The van der Waals surface area contributed by atoms with Crippen LogP contribution in [-0.2, 0) is 0 Å². The van der Waals surface area contributed by atoms with E-state index in [-0.39, 0.29) is 23.5 Å². The van der Waals surface area contributed by atoms with E-state index in [1.807, 2.05) is 0 Å². The van der Waals surface area contributed by atoms with Crippen LogP contribution in [0.5, 0.6) is 0 Å². The maximum Gasteiger partial charge on any atom is 0.265 e. The fourth-order valence-corrected chi connectivity index (χ4v) is 1.22. The summed E-state index contributed by atoms with van der Waals surface area (Å²) in [4.78, 5) is 0. The van der Waals surface area contributed by atoms with Gasteiger partial charge in [0.25, 0.3) is 6.43 Å². The molecule has 6 heteroatoms. The number of nitrogens with one attached hydrogen (secondary N) is 1. The lowest BCUT2D eigenvalue weighted by Gasteiger charge is -2.14. The minimum atomic E-state index is -2.64. The zero-order valence-electron chi connectivity index (χ0n) is 8.53. The lowest BCUT2D eigenvalue weighted by molar-refractivity contribution is 0.105. The number of rotatable bonds is 5. The third kappa shape index (κ3) is 3.32. The molecule has 0 radical (unpaired) electrons. The van der Waals surface area contributed by atoms with Gasteiger partial charge in [-0.05, 0) is 18.2 Å². The third-order valence-corrected chi connectivity index (χ3v) is 2.05. The summed E-state index contributed by atoms with van der Waals surface area (Å²) in [6.45, 7) is -0.424. The van der Waals surface area contributed by atoms with Crippen LogP contribution in [0.15, 0.2) is 18.2 Å². The summed E-state index contributed by atoms with van der Waals surface area (Å²) >= 11 is 0. The molecule has 1 unspecified atom stereocenters. The molecular formula is C10H14F2N2O2. The predicted octanol–water partition coefficient (Wildman–Crippen LogP) is 0.972. The Balaban J connectivity index is 2.78. The summed E-state index contributed by atoms with van der Waals surface area (Å²) in [5.74, 6) is 0. The Kier molecular flexibility index (Phi) is 4.45. The number of benzene rings is 1. The molecule has 0 spiro atoms. The van der Waals surface area contributed by atoms with Crippen LogP contribution < -0.4 is 11.1 Å². The van der Waals surface area contributed by atoms with Gasteiger partial charge in [0.05, 0.1) is 12.7 Å². The number of nitrogen functional groups attached to an aromatic ring is 1. The standard InChI is InChI=1S/C10H14F2N2O2/c11-10(12)8-3-6(13)1-2-9(8)14-4-7(16)5-15/h1-3,7,10,14-16H,4-5,13H2. The topological polar surface area (TPSA) is 78.5 Å². The SMILES string of the molecule is Nc1ccc(NCC(O)CO)c(C(F)F)c1. The average molecular weight is 232 g/mol. The van der Waals surface area contributed by atoms with Gasteiger partial charge in [0.15, 0.2) is 0 Å². The number of aliphatic hydroxyl groups excluding tert-OH is 2. The van der Waals surface area contributed by atoms with E-state index >= 15 is 0 Å². The largest absolute Gasteiger partial charge is 0.399 e. The molecule has 0 aliphatic rings. The lowest BCUT2D eigenvalue weighted by Crippen LogP contribution is -2.23. The molecule has 1 aromatic rings. The Morgan fingerprint density at radius 2 is 2.06 bits per heavy atom. The fraction of sp³-hybridized carbons (Fsp3) is 0.400. The number of aliphatic hydroxyl groups is 2. The van der Waals surface area contributed by atoms with Crippen LogP contribution in [0.1, 0.15) is 12.0 Å². The van der Waals surface area contributed by atoms with Gasteiger partial charge in [-0.25, -0.2) is 8.78 Å². The predicted molar refractivity (Wildman–Crippen MR) is 57.4 cm³/mol. The molecule has 16 heavy (non-hydrogen) atoms. The molecule has 90 valence electrons.